The second kappa shape index (κ2) is 3.72. The summed E-state index contributed by atoms with van der Waals surface area (Å²) in [5.74, 6) is 0.906. The third-order valence-electron chi connectivity index (χ3n) is 1.34. The van der Waals surface area contributed by atoms with Crippen molar-refractivity contribution in [3.63, 3.8) is 0 Å². The molecule has 1 N–H and O–H groups in total. The molecule has 1 aromatic rings. The number of pyridine rings is 1. The molecule has 3 heteroatoms. The van der Waals surface area contributed by atoms with E-state index in [4.69, 9.17) is 0 Å². The molecular formula is C8H10BrN2. The molecule has 0 unspecified atom stereocenters. The van der Waals surface area contributed by atoms with Gasteiger partial charge in [0.05, 0.1) is 0 Å². The minimum absolute atomic E-state index is 0.662. The van der Waals surface area contributed by atoms with Gasteiger partial charge in [-0.15, -0.1) is 0 Å². The molecule has 0 saturated heterocycles. The monoisotopic (exact) mass is 213 g/mol. The molecule has 2 nitrogen and oxygen atoms in total. The molecule has 1 rings (SSSR count). The van der Waals surface area contributed by atoms with Crippen LogP contribution in [-0.2, 0) is 0 Å². The van der Waals surface area contributed by atoms with E-state index in [0.29, 0.717) is 6.54 Å². The Balaban J connectivity index is 2.90. The SMILES string of the molecule is [CH2]CNc1ncc(Br)cc1C. The normalized spacial score (nSPS) is 9.73. The van der Waals surface area contributed by atoms with Gasteiger partial charge in [-0.1, -0.05) is 0 Å². The predicted octanol–water partition coefficient (Wildman–Crippen LogP) is 2.40. The van der Waals surface area contributed by atoms with Crippen LogP contribution in [0.25, 0.3) is 0 Å². The van der Waals surface area contributed by atoms with Crippen LogP contribution in [0.2, 0.25) is 0 Å². The fourth-order valence-electron chi connectivity index (χ4n) is 0.844. The van der Waals surface area contributed by atoms with E-state index in [2.05, 4.69) is 33.2 Å². The number of rotatable bonds is 2. The van der Waals surface area contributed by atoms with Gasteiger partial charge in [-0.2, -0.15) is 0 Å². The molecule has 1 heterocycles. The van der Waals surface area contributed by atoms with E-state index >= 15 is 0 Å². The Morgan fingerprint density at radius 2 is 2.45 bits per heavy atom. The largest absolute Gasteiger partial charge is 0.370 e. The molecular weight excluding hydrogens is 204 g/mol. The second-order valence-electron chi connectivity index (χ2n) is 2.25. The number of halogens is 1. The Bertz CT molecular complexity index is 248. The minimum atomic E-state index is 0.662. The van der Waals surface area contributed by atoms with Gasteiger partial charge in [0.15, 0.2) is 0 Å². The van der Waals surface area contributed by atoms with Crippen LogP contribution in [0.3, 0.4) is 0 Å². The van der Waals surface area contributed by atoms with Crippen LogP contribution in [0.15, 0.2) is 16.7 Å². The Morgan fingerprint density at radius 3 is 3.00 bits per heavy atom. The number of aromatic nitrogens is 1. The van der Waals surface area contributed by atoms with Crippen molar-refractivity contribution in [2.75, 3.05) is 11.9 Å². The fraction of sp³-hybridized carbons (Fsp3) is 0.250. The number of aryl methyl sites for hydroxylation is 1. The summed E-state index contributed by atoms with van der Waals surface area (Å²) in [6.07, 6.45) is 1.77. The van der Waals surface area contributed by atoms with Gasteiger partial charge >= 0.3 is 0 Å². The summed E-state index contributed by atoms with van der Waals surface area (Å²) in [7, 11) is 0. The first kappa shape index (κ1) is 8.53. The maximum atomic E-state index is 4.17. The lowest BCUT2D eigenvalue weighted by Crippen LogP contribution is -2.00. The first-order chi connectivity index (χ1) is 5.24. The molecule has 0 amide bonds. The minimum Gasteiger partial charge on any atom is -0.370 e. The third kappa shape index (κ3) is 2.19. The van der Waals surface area contributed by atoms with Crippen molar-refractivity contribution in [2.45, 2.75) is 6.92 Å². The summed E-state index contributed by atoms with van der Waals surface area (Å²) in [6.45, 7) is 6.35. The van der Waals surface area contributed by atoms with Crippen LogP contribution >= 0.6 is 15.9 Å². The van der Waals surface area contributed by atoms with Crippen molar-refractivity contribution >= 4 is 21.7 Å². The summed E-state index contributed by atoms with van der Waals surface area (Å²) in [5.41, 5.74) is 1.13. The first-order valence-corrected chi connectivity index (χ1v) is 4.18. The summed E-state index contributed by atoms with van der Waals surface area (Å²) < 4.78 is 1.00. The van der Waals surface area contributed by atoms with Gasteiger partial charge in [0, 0.05) is 17.2 Å². The average molecular weight is 214 g/mol. The number of hydrogen-bond donors (Lipinski definition) is 1. The van der Waals surface area contributed by atoms with Crippen molar-refractivity contribution in [3.8, 4) is 0 Å². The molecule has 11 heavy (non-hydrogen) atoms. The number of hydrogen-bond acceptors (Lipinski definition) is 2. The van der Waals surface area contributed by atoms with Crippen LogP contribution in [-0.4, -0.2) is 11.5 Å². The van der Waals surface area contributed by atoms with E-state index in [1.807, 2.05) is 13.0 Å². The highest BCUT2D eigenvalue weighted by atomic mass is 79.9. The van der Waals surface area contributed by atoms with E-state index in [-0.39, 0.29) is 0 Å². The van der Waals surface area contributed by atoms with E-state index in [1.54, 1.807) is 6.20 Å². The third-order valence-corrected chi connectivity index (χ3v) is 1.77. The quantitative estimate of drug-likeness (QED) is 0.817. The van der Waals surface area contributed by atoms with Gasteiger partial charge in [0.1, 0.15) is 5.82 Å². The topological polar surface area (TPSA) is 24.9 Å². The number of anilines is 1. The van der Waals surface area contributed by atoms with E-state index in [1.165, 1.54) is 0 Å². The van der Waals surface area contributed by atoms with Crippen LogP contribution in [0.5, 0.6) is 0 Å². The van der Waals surface area contributed by atoms with Crippen molar-refractivity contribution in [2.24, 2.45) is 0 Å². The van der Waals surface area contributed by atoms with Gasteiger partial charge in [-0.05, 0) is 41.4 Å². The molecule has 1 radical (unpaired) electrons. The lowest BCUT2D eigenvalue weighted by molar-refractivity contribution is 1.18. The Morgan fingerprint density at radius 1 is 1.73 bits per heavy atom. The zero-order chi connectivity index (χ0) is 8.27. The molecule has 1 aromatic heterocycles. The van der Waals surface area contributed by atoms with Gasteiger partial charge in [-0.3, -0.25) is 0 Å². The van der Waals surface area contributed by atoms with E-state index in [9.17, 15) is 0 Å². The standard InChI is InChI=1S/C8H10BrN2/c1-3-10-8-6(2)4-7(9)5-11-8/h4-5H,1,3H2,2H3,(H,10,11). The van der Waals surface area contributed by atoms with Crippen molar-refractivity contribution in [1.29, 1.82) is 0 Å². The molecule has 0 fully saturated rings. The summed E-state index contributed by atoms with van der Waals surface area (Å²) in [4.78, 5) is 4.17. The molecule has 59 valence electrons. The highest BCUT2D eigenvalue weighted by Gasteiger charge is 1.97. The summed E-state index contributed by atoms with van der Waals surface area (Å²) in [5, 5.41) is 3.06. The van der Waals surface area contributed by atoms with Gasteiger partial charge in [-0.25, -0.2) is 4.98 Å². The van der Waals surface area contributed by atoms with Crippen molar-refractivity contribution in [1.82, 2.24) is 4.98 Å². The predicted molar refractivity (Wildman–Crippen MR) is 50.5 cm³/mol. The molecule has 0 aromatic carbocycles. The lowest BCUT2D eigenvalue weighted by atomic mass is 10.3. The Labute approximate surface area is 75.2 Å². The maximum absolute atomic E-state index is 4.17. The maximum Gasteiger partial charge on any atom is 0.128 e. The van der Waals surface area contributed by atoms with E-state index < -0.39 is 0 Å². The number of nitrogens with one attached hydrogen (secondary N) is 1. The Kier molecular flexibility index (Phi) is 2.88. The van der Waals surface area contributed by atoms with Crippen molar-refractivity contribution in [3.05, 3.63) is 29.2 Å². The molecule has 0 spiro atoms. The molecule has 0 aliphatic carbocycles. The smallest absolute Gasteiger partial charge is 0.128 e. The zero-order valence-electron chi connectivity index (χ0n) is 6.39. The highest BCUT2D eigenvalue weighted by molar-refractivity contribution is 9.10. The molecule has 0 bridgehead atoms. The average Bonchev–Trinajstić information content (AvgIpc) is 1.95. The van der Waals surface area contributed by atoms with Crippen LogP contribution in [0, 0.1) is 13.8 Å². The molecule has 0 saturated carbocycles. The van der Waals surface area contributed by atoms with E-state index in [0.717, 1.165) is 15.9 Å². The molecule has 0 aliphatic heterocycles. The second-order valence-corrected chi connectivity index (χ2v) is 3.16. The van der Waals surface area contributed by atoms with Crippen LogP contribution in [0.1, 0.15) is 5.56 Å². The van der Waals surface area contributed by atoms with Crippen molar-refractivity contribution < 1.29 is 0 Å². The fourth-order valence-corrected chi connectivity index (χ4v) is 1.29. The van der Waals surface area contributed by atoms with Gasteiger partial charge in [0.2, 0.25) is 0 Å². The number of nitrogens with zero attached hydrogens (tertiary/aromatic N) is 1. The van der Waals surface area contributed by atoms with Crippen LogP contribution in [0.4, 0.5) is 5.82 Å². The molecule has 0 aliphatic rings. The van der Waals surface area contributed by atoms with Gasteiger partial charge < -0.3 is 5.32 Å². The lowest BCUT2D eigenvalue weighted by Gasteiger charge is -2.04. The van der Waals surface area contributed by atoms with Gasteiger partial charge in [0.25, 0.3) is 0 Å². The molecule has 0 atom stereocenters. The first-order valence-electron chi connectivity index (χ1n) is 3.39. The summed E-state index contributed by atoms with van der Waals surface area (Å²) in [6, 6.07) is 2.02. The zero-order valence-corrected chi connectivity index (χ0v) is 7.98. The summed E-state index contributed by atoms with van der Waals surface area (Å²) >= 11 is 3.34. The highest BCUT2D eigenvalue weighted by Crippen LogP contribution is 2.15. The van der Waals surface area contributed by atoms with Crippen LogP contribution < -0.4 is 5.32 Å². The Hall–Kier alpha value is -0.570.